The fraction of sp³-hybridized carbons (Fsp3) is 0.300. The Labute approximate surface area is 144 Å². The van der Waals surface area contributed by atoms with Crippen LogP contribution in [0.25, 0.3) is 21.5 Å². The first-order valence-electron chi connectivity index (χ1n) is 8.56. The fourth-order valence-corrected chi connectivity index (χ4v) is 4.54. The summed E-state index contributed by atoms with van der Waals surface area (Å²) in [5.74, 6) is 2.54. The molecule has 0 amide bonds. The van der Waals surface area contributed by atoms with Crippen LogP contribution in [0, 0.1) is 0 Å². The van der Waals surface area contributed by atoms with E-state index in [1.807, 2.05) is 12.1 Å². The molecule has 0 radical (unpaired) electrons. The maximum absolute atomic E-state index is 5.90. The maximum atomic E-state index is 5.90. The molecule has 5 nitrogen and oxygen atoms in total. The van der Waals surface area contributed by atoms with Crippen LogP contribution in [0.1, 0.15) is 11.1 Å². The van der Waals surface area contributed by atoms with Crippen molar-refractivity contribution in [1.82, 2.24) is 0 Å². The number of nitrogens with zero attached hydrogens (tertiary/aromatic N) is 1. The van der Waals surface area contributed by atoms with Crippen LogP contribution in [-0.4, -0.2) is 27.2 Å². The van der Waals surface area contributed by atoms with Gasteiger partial charge in [0, 0.05) is 28.3 Å². The van der Waals surface area contributed by atoms with Crippen molar-refractivity contribution in [2.24, 2.45) is 0 Å². The Morgan fingerprint density at radius 1 is 1.12 bits per heavy atom. The van der Waals surface area contributed by atoms with Crippen molar-refractivity contribution < 1.29 is 18.9 Å². The van der Waals surface area contributed by atoms with Gasteiger partial charge in [-0.25, -0.2) is 0 Å². The Kier molecular flexibility index (Phi) is 2.56. The van der Waals surface area contributed by atoms with Gasteiger partial charge in [-0.2, -0.15) is 0 Å². The van der Waals surface area contributed by atoms with Crippen molar-refractivity contribution in [3.8, 4) is 17.2 Å². The second kappa shape index (κ2) is 4.70. The molecule has 3 heterocycles. The van der Waals surface area contributed by atoms with E-state index >= 15 is 0 Å². The third kappa shape index (κ3) is 1.61. The average Bonchev–Trinajstić information content (AvgIpc) is 3.13. The van der Waals surface area contributed by atoms with Crippen molar-refractivity contribution >= 4 is 27.2 Å². The molecule has 0 aliphatic carbocycles. The van der Waals surface area contributed by atoms with E-state index in [9.17, 15) is 0 Å². The monoisotopic (exact) mass is 335 g/mol. The molecule has 0 unspecified atom stereocenters. The SMILES string of the molecule is COc1cccc2c3c4c5c(cc6c(c5c12)OCO6)CCN4COC3. The molecule has 0 saturated heterocycles. The highest BCUT2D eigenvalue weighted by Crippen LogP contribution is 2.53. The van der Waals surface area contributed by atoms with Crippen LogP contribution in [0.15, 0.2) is 24.3 Å². The molecule has 3 aromatic rings. The second-order valence-corrected chi connectivity index (χ2v) is 6.72. The second-order valence-electron chi connectivity index (χ2n) is 6.72. The van der Waals surface area contributed by atoms with Gasteiger partial charge in [0.15, 0.2) is 11.5 Å². The zero-order valence-corrected chi connectivity index (χ0v) is 13.9. The van der Waals surface area contributed by atoms with Gasteiger partial charge >= 0.3 is 0 Å². The number of hydrogen-bond acceptors (Lipinski definition) is 5. The minimum Gasteiger partial charge on any atom is -0.496 e. The van der Waals surface area contributed by atoms with E-state index in [0.29, 0.717) is 13.3 Å². The van der Waals surface area contributed by atoms with Crippen molar-refractivity contribution in [3.63, 3.8) is 0 Å². The molecule has 3 aliphatic rings. The highest BCUT2D eigenvalue weighted by molar-refractivity contribution is 6.22. The molecule has 0 N–H and O–H groups in total. The summed E-state index contributed by atoms with van der Waals surface area (Å²) >= 11 is 0. The number of hydrogen-bond donors (Lipinski definition) is 0. The summed E-state index contributed by atoms with van der Waals surface area (Å²) in [4.78, 5) is 2.34. The summed E-state index contributed by atoms with van der Waals surface area (Å²) in [5.41, 5.74) is 3.86. The predicted octanol–water partition coefficient (Wildman–Crippen LogP) is 3.58. The van der Waals surface area contributed by atoms with Crippen LogP contribution in [-0.2, 0) is 17.8 Å². The Morgan fingerprint density at radius 2 is 2.08 bits per heavy atom. The van der Waals surface area contributed by atoms with Crippen LogP contribution >= 0.6 is 0 Å². The number of benzene rings is 3. The number of ether oxygens (including phenoxy) is 4. The van der Waals surface area contributed by atoms with Gasteiger partial charge in [-0.15, -0.1) is 0 Å². The van der Waals surface area contributed by atoms with Gasteiger partial charge in [-0.3, -0.25) is 0 Å². The van der Waals surface area contributed by atoms with E-state index < -0.39 is 0 Å². The minimum atomic E-state index is 0.272. The smallest absolute Gasteiger partial charge is 0.231 e. The topological polar surface area (TPSA) is 40.2 Å². The summed E-state index contributed by atoms with van der Waals surface area (Å²) in [6.07, 6.45) is 0.976. The average molecular weight is 335 g/mol. The Morgan fingerprint density at radius 3 is 3.00 bits per heavy atom. The van der Waals surface area contributed by atoms with E-state index in [2.05, 4.69) is 17.0 Å². The molecular weight excluding hydrogens is 318 g/mol. The number of fused-ring (bicyclic) bond motifs is 5. The van der Waals surface area contributed by atoms with Gasteiger partial charge in [-0.05, 0) is 29.5 Å². The van der Waals surface area contributed by atoms with E-state index in [1.54, 1.807) is 7.11 Å². The van der Waals surface area contributed by atoms with Crippen LogP contribution < -0.4 is 19.1 Å². The van der Waals surface area contributed by atoms with E-state index in [0.717, 1.165) is 41.0 Å². The van der Waals surface area contributed by atoms with Crippen LogP contribution in [0.2, 0.25) is 0 Å². The lowest BCUT2D eigenvalue weighted by Gasteiger charge is -2.37. The summed E-state index contributed by atoms with van der Waals surface area (Å²) in [7, 11) is 1.72. The van der Waals surface area contributed by atoms with Gasteiger partial charge in [0.25, 0.3) is 0 Å². The molecular formula is C20H17NO4. The van der Waals surface area contributed by atoms with Gasteiger partial charge in [0.2, 0.25) is 6.79 Å². The van der Waals surface area contributed by atoms with Crippen LogP contribution in [0.3, 0.4) is 0 Å². The van der Waals surface area contributed by atoms with Crippen molar-refractivity contribution in [2.45, 2.75) is 13.0 Å². The van der Waals surface area contributed by atoms with Crippen molar-refractivity contribution in [3.05, 3.63) is 35.4 Å². The van der Waals surface area contributed by atoms with Crippen LogP contribution in [0.5, 0.6) is 17.2 Å². The summed E-state index contributed by atoms with van der Waals surface area (Å²) in [6, 6.07) is 8.36. The lowest BCUT2D eigenvalue weighted by molar-refractivity contribution is 0.111. The zero-order chi connectivity index (χ0) is 16.5. The first-order valence-corrected chi connectivity index (χ1v) is 8.56. The predicted molar refractivity (Wildman–Crippen MR) is 94.8 cm³/mol. The fourth-order valence-electron chi connectivity index (χ4n) is 4.54. The highest BCUT2D eigenvalue weighted by atomic mass is 16.7. The summed E-state index contributed by atoms with van der Waals surface area (Å²) in [5, 5.41) is 4.65. The zero-order valence-electron chi connectivity index (χ0n) is 13.9. The standard InChI is InChI=1S/C20H17NO4/c1-22-14-4-2-3-12-13-8-23-9-21-6-5-11-7-15-20(25-10-24-15)18(17(12)14)16(11)19(13)21/h2-4,7H,5-6,8-10H2,1H3. The van der Waals surface area contributed by atoms with Crippen LogP contribution in [0.4, 0.5) is 5.69 Å². The minimum absolute atomic E-state index is 0.272. The third-order valence-corrected chi connectivity index (χ3v) is 5.55. The third-order valence-electron chi connectivity index (χ3n) is 5.55. The molecule has 25 heavy (non-hydrogen) atoms. The molecule has 6 rings (SSSR count). The normalized spacial score (nSPS) is 17.4. The number of anilines is 1. The molecule has 0 spiro atoms. The first-order chi connectivity index (χ1) is 12.4. The molecule has 0 atom stereocenters. The molecule has 0 bridgehead atoms. The Bertz CT molecular complexity index is 1060. The van der Waals surface area contributed by atoms with E-state index in [4.69, 9.17) is 18.9 Å². The molecule has 126 valence electrons. The Hall–Kier alpha value is -2.66. The van der Waals surface area contributed by atoms with E-state index in [-0.39, 0.29) is 6.79 Å². The van der Waals surface area contributed by atoms with E-state index in [1.165, 1.54) is 27.6 Å². The summed E-state index contributed by atoms with van der Waals surface area (Å²) in [6.45, 7) is 2.50. The molecule has 0 saturated carbocycles. The lowest BCUT2D eigenvalue weighted by Crippen LogP contribution is -2.35. The Balaban J connectivity index is 1.93. The number of rotatable bonds is 1. The molecule has 3 aromatic carbocycles. The van der Waals surface area contributed by atoms with Gasteiger partial charge < -0.3 is 23.8 Å². The quantitative estimate of drug-likeness (QED) is 0.636. The largest absolute Gasteiger partial charge is 0.496 e. The summed E-state index contributed by atoms with van der Waals surface area (Å²) < 4.78 is 23.2. The van der Waals surface area contributed by atoms with Gasteiger partial charge in [0.1, 0.15) is 12.5 Å². The first kappa shape index (κ1) is 13.6. The molecule has 0 aromatic heterocycles. The maximum Gasteiger partial charge on any atom is 0.231 e. The van der Waals surface area contributed by atoms with Crippen molar-refractivity contribution in [2.75, 3.05) is 32.1 Å². The van der Waals surface area contributed by atoms with Gasteiger partial charge in [-0.1, -0.05) is 12.1 Å². The van der Waals surface area contributed by atoms with Gasteiger partial charge in [0.05, 0.1) is 19.4 Å². The van der Waals surface area contributed by atoms with Crippen molar-refractivity contribution in [1.29, 1.82) is 0 Å². The molecule has 5 heteroatoms. The number of methoxy groups -OCH3 is 1. The molecule has 0 fully saturated rings. The highest BCUT2D eigenvalue weighted by Gasteiger charge is 2.33. The lowest BCUT2D eigenvalue weighted by atomic mass is 9.87. The molecule has 3 aliphatic heterocycles.